The Hall–Kier alpha value is -0.0800. The first-order valence-corrected chi connectivity index (χ1v) is 6.23. The fourth-order valence-electron chi connectivity index (χ4n) is 2.14. The third kappa shape index (κ3) is 3.25. The fraction of sp³-hybridized carbons (Fsp3) is 1.00. The quantitative estimate of drug-likeness (QED) is 0.705. The minimum atomic E-state index is 0.512. The predicted molar refractivity (Wildman–Crippen MR) is 58.4 cm³/mol. The summed E-state index contributed by atoms with van der Waals surface area (Å²) in [5, 5.41) is 3.56. The first-order valence-electron chi connectivity index (χ1n) is 6.23. The van der Waals surface area contributed by atoms with Gasteiger partial charge >= 0.3 is 0 Å². The van der Waals surface area contributed by atoms with Crippen molar-refractivity contribution in [2.24, 2.45) is 5.92 Å². The molecule has 0 aromatic heterocycles. The van der Waals surface area contributed by atoms with Gasteiger partial charge in [-0.25, -0.2) is 0 Å². The van der Waals surface area contributed by atoms with Gasteiger partial charge in [-0.3, -0.25) is 0 Å². The molecule has 1 aliphatic carbocycles. The Morgan fingerprint density at radius 3 is 2.93 bits per heavy atom. The van der Waals surface area contributed by atoms with Crippen molar-refractivity contribution in [3.8, 4) is 0 Å². The van der Waals surface area contributed by atoms with Crippen LogP contribution < -0.4 is 5.32 Å². The molecule has 2 unspecified atom stereocenters. The molecule has 82 valence electrons. The predicted octanol–water partition coefficient (Wildman–Crippen LogP) is 2.33. The topological polar surface area (TPSA) is 21.3 Å². The summed E-state index contributed by atoms with van der Waals surface area (Å²) >= 11 is 0. The van der Waals surface area contributed by atoms with Crippen molar-refractivity contribution in [1.82, 2.24) is 5.32 Å². The number of ether oxygens (including phenoxy) is 1. The van der Waals surface area contributed by atoms with Gasteiger partial charge in [0, 0.05) is 19.2 Å². The van der Waals surface area contributed by atoms with E-state index in [0.29, 0.717) is 6.10 Å². The lowest BCUT2D eigenvalue weighted by Crippen LogP contribution is -2.21. The second-order valence-electron chi connectivity index (χ2n) is 4.88. The van der Waals surface area contributed by atoms with Gasteiger partial charge in [-0.2, -0.15) is 0 Å². The van der Waals surface area contributed by atoms with Crippen LogP contribution in [0.3, 0.4) is 0 Å². The molecular weight excluding hydrogens is 174 g/mol. The largest absolute Gasteiger partial charge is 0.377 e. The zero-order chi connectivity index (χ0) is 9.80. The summed E-state index contributed by atoms with van der Waals surface area (Å²) < 4.78 is 5.87. The molecule has 2 heteroatoms. The maximum Gasteiger partial charge on any atom is 0.0714 e. The van der Waals surface area contributed by atoms with Gasteiger partial charge in [0.1, 0.15) is 0 Å². The van der Waals surface area contributed by atoms with E-state index in [-0.39, 0.29) is 0 Å². The smallest absolute Gasteiger partial charge is 0.0714 e. The van der Waals surface area contributed by atoms with Crippen molar-refractivity contribution < 1.29 is 4.74 Å². The van der Waals surface area contributed by atoms with Crippen LogP contribution in [0.2, 0.25) is 0 Å². The highest BCUT2D eigenvalue weighted by atomic mass is 16.5. The molecule has 1 aliphatic heterocycles. The Kier molecular flexibility index (Phi) is 3.82. The van der Waals surface area contributed by atoms with Gasteiger partial charge in [-0.15, -0.1) is 0 Å². The molecule has 1 heterocycles. The highest BCUT2D eigenvalue weighted by Crippen LogP contribution is 2.30. The van der Waals surface area contributed by atoms with Crippen molar-refractivity contribution in [3.05, 3.63) is 0 Å². The molecule has 1 N–H and O–H groups in total. The van der Waals surface area contributed by atoms with Crippen molar-refractivity contribution >= 4 is 0 Å². The van der Waals surface area contributed by atoms with Crippen molar-refractivity contribution in [1.29, 1.82) is 0 Å². The van der Waals surface area contributed by atoms with Crippen LogP contribution >= 0.6 is 0 Å². The molecule has 0 bridgehead atoms. The second-order valence-corrected chi connectivity index (χ2v) is 4.88. The summed E-state index contributed by atoms with van der Waals surface area (Å²) in [5.41, 5.74) is 0. The Balaban J connectivity index is 1.56. The highest BCUT2D eigenvalue weighted by Gasteiger charge is 2.27. The molecule has 1 saturated carbocycles. The molecule has 0 aromatic carbocycles. The van der Waals surface area contributed by atoms with E-state index in [4.69, 9.17) is 4.74 Å². The first kappa shape index (κ1) is 10.4. The third-order valence-corrected chi connectivity index (χ3v) is 3.35. The van der Waals surface area contributed by atoms with Crippen LogP contribution in [-0.2, 0) is 4.74 Å². The van der Waals surface area contributed by atoms with Crippen LogP contribution in [0.1, 0.15) is 45.4 Å². The molecule has 2 atom stereocenters. The Labute approximate surface area is 87.4 Å². The van der Waals surface area contributed by atoms with Gasteiger partial charge < -0.3 is 10.1 Å². The Morgan fingerprint density at radius 1 is 1.36 bits per heavy atom. The monoisotopic (exact) mass is 197 g/mol. The molecule has 2 fully saturated rings. The van der Waals surface area contributed by atoms with Gasteiger partial charge in [-0.05, 0) is 31.6 Å². The van der Waals surface area contributed by atoms with Gasteiger partial charge in [0.25, 0.3) is 0 Å². The SMILES string of the molecule is CCCCC1CC(OCC2CC2)CN1. The number of hydrogen-bond acceptors (Lipinski definition) is 2. The molecule has 14 heavy (non-hydrogen) atoms. The summed E-state index contributed by atoms with van der Waals surface area (Å²) in [6.07, 6.45) is 8.56. The van der Waals surface area contributed by atoms with Gasteiger partial charge in [0.2, 0.25) is 0 Å². The normalized spacial score (nSPS) is 32.4. The average molecular weight is 197 g/mol. The zero-order valence-corrected chi connectivity index (χ0v) is 9.30. The van der Waals surface area contributed by atoms with Crippen LogP contribution in [0, 0.1) is 5.92 Å². The number of unbranched alkanes of at least 4 members (excludes halogenated alkanes) is 1. The molecule has 2 aliphatic rings. The van der Waals surface area contributed by atoms with Crippen LogP contribution in [0.4, 0.5) is 0 Å². The molecule has 2 rings (SSSR count). The van der Waals surface area contributed by atoms with E-state index < -0.39 is 0 Å². The number of hydrogen-bond donors (Lipinski definition) is 1. The summed E-state index contributed by atoms with van der Waals surface area (Å²) in [4.78, 5) is 0. The number of rotatable bonds is 6. The molecule has 1 saturated heterocycles. The fourth-order valence-corrected chi connectivity index (χ4v) is 2.14. The molecule has 0 spiro atoms. The van der Waals surface area contributed by atoms with E-state index >= 15 is 0 Å². The van der Waals surface area contributed by atoms with Crippen molar-refractivity contribution in [2.45, 2.75) is 57.6 Å². The maximum atomic E-state index is 5.87. The van der Waals surface area contributed by atoms with Crippen LogP contribution in [0.15, 0.2) is 0 Å². The van der Waals surface area contributed by atoms with Crippen LogP contribution in [0.5, 0.6) is 0 Å². The lowest BCUT2D eigenvalue weighted by molar-refractivity contribution is 0.0576. The highest BCUT2D eigenvalue weighted by molar-refractivity contribution is 4.83. The molecule has 0 aromatic rings. The molecule has 2 nitrogen and oxygen atoms in total. The minimum absolute atomic E-state index is 0.512. The molecular formula is C12H23NO. The standard InChI is InChI=1S/C12H23NO/c1-2-3-4-11-7-12(8-13-11)14-9-10-5-6-10/h10-13H,2-9H2,1H3. The van der Waals surface area contributed by atoms with E-state index in [1.54, 1.807) is 0 Å². The zero-order valence-electron chi connectivity index (χ0n) is 9.30. The van der Waals surface area contributed by atoms with Crippen LogP contribution in [-0.4, -0.2) is 25.3 Å². The summed E-state index contributed by atoms with van der Waals surface area (Å²) in [6, 6.07) is 0.735. The lowest BCUT2D eigenvalue weighted by atomic mass is 10.1. The Bertz CT molecular complexity index is 168. The maximum absolute atomic E-state index is 5.87. The van der Waals surface area contributed by atoms with Crippen LogP contribution in [0.25, 0.3) is 0 Å². The summed E-state index contributed by atoms with van der Waals surface area (Å²) in [6.45, 7) is 4.37. The Morgan fingerprint density at radius 2 is 2.21 bits per heavy atom. The van der Waals surface area contributed by atoms with E-state index in [2.05, 4.69) is 12.2 Å². The summed E-state index contributed by atoms with van der Waals surface area (Å²) in [5.74, 6) is 0.907. The summed E-state index contributed by atoms with van der Waals surface area (Å²) in [7, 11) is 0. The lowest BCUT2D eigenvalue weighted by Gasteiger charge is -2.10. The average Bonchev–Trinajstić information content (AvgIpc) is 2.92. The molecule has 0 amide bonds. The van der Waals surface area contributed by atoms with E-state index in [9.17, 15) is 0 Å². The number of nitrogens with one attached hydrogen (secondary N) is 1. The first-order chi connectivity index (χ1) is 6.88. The van der Waals surface area contributed by atoms with Crippen molar-refractivity contribution in [3.63, 3.8) is 0 Å². The minimum Gasteiger partial charge on any atom is -0.377 e. The van der Waals surface area contributed by atoms with E-state index in [0.717, 1.165) is 25.1 Å². The van der Waals surface area contributed by atoms with Gasteiger partial charge in [-0.1, -0.05) is 19.8 Å². The van der Waals surface area contributed by atoms with E-state index in [1.807, 2.05) is 0 Å². The van der Waals surface area contributed by atoms with E-state index in [1.165, 1.54) is 38.5 Å². The molecule has 0 radical (unpaired) electrons. The third-order valence-electron chi connectivity index (χ3n) is 3.35. The second kappa shape index (κ2) is 5.13. The van der Waals surface area contributed by atoms with Crippen molar-refractivity contribution in [2.75, 3.05) is 13.2 Å². The van der Waals surface area contributed by atoms with Gasteiger partial charge in [0.15, 0.2) is 0 Å². The van der Waals surface area contributed by atoms with Gasteiger partial charge in [0.05, 0.1) is 6.10 Å².